The molecular weight excluding hydrogens is 413 g/mol. The van der Waals surface area contributed by atoms with E-state index in [-0.39, 0.29) is 10.6 Å². The first-order valence-electron chi connectivity index (χ1n) is 10.1. The minimum Gasteiger partial charge on any atom is -0.427 e. The molecule has 1 heterocycles. The van der Waals surface area contributed by atoms with E-state index in [9.17, 15) is 8.42 Å². The van der Waals surface area contributed by atoms with Crippen molar-refractivity contribution >= 4 is 34.0 Å². The molecule has 8 heteroatoms. The van der Waals surface area contributed by atoms with Crippen molar-refractivity contribution in [2.24, 2.45) is 7.05 Å². The van der Waals surface area contributed by atoms with Crippen molar-refractivity contribution in [1.82, 2.24) is 4.57 Å². The summed E-state index contributed by atoms with van der Waals surface area (Å²) in [6.07, 6.45) is 1.98. The zero-order chi connectivity index (χ0) is 23.0. The molecule has 0 amide bonds. The molecule has 0 radical (unpaired) electrons. The Bertz CT molecular complexity index is 1180. The van der Waals surface area contributed by atoms with E-state index < -0.39 is 21.3 Å². The number of hydrogen-bond acceptors (Lipinski definition) is 5. The van der Waals surface area contributed by atoms with Crippen molar-refractivity contribution < 1.29 is 22.0 Å². The molecule has 3 aromatic rings. The normalized spacial score (nSPS) is 12.9. The Hall–Kier alpha value is -2.29. The standard InChI is InChI=1S/C23H30BNO5S/c1-16-8-11-18(12-9-16)31(26,27)29-17-10-13-21-19(14-17)20(15-25(21)6)24-30-23(4,5)22(2,3)28-7/h8-15,24H,1-7H3. The quantitative estimate of drug-likeness (QED) is 0.394. The van der Waals surface area contributed by atoms with E-state index in [1.807, 2.05) is 58.5 Å². The lowest BCUT2D eigenvalue weighted by Gasteiger charge is -2.40. The predicted molar refractivity (Wildman–Crippen MR) is 125 cm³/mol. The number of aromatic nitrogens is 1. The number of hydrogen-bond donors (Lipinski definition) is 0. The summed E-state index contributed by atoms with van der Waals surface area (Å²) in [6, 6.07) is 11.8. The minimum atomic E-state index is -3.92. The zero-order valence-electron chi connectivity index (χ0n) is 19.2. The first-order chi connectivity index (χ1) is 14.4. The summed E-state index contributed by atoms with van der Waals surface area (Å²) >= 11 is 0. The van der Waals surface area contributed by atoms with Crippen molar-refractivity contribution in [2.75, 3.05) is 7.11 Å². The predicted octanol–water partition coefficient (Wildman–Crippen LogP) is 3.45. The summed E-state index contributed by atoms with van der Waals surface area (Å²) in [4.78, 5) is 0.123. The summed E-state index contributed by atoms with van der Waals surface area (Å²) in [5.74, 6) is 0.261. The van der Waals surface area contributed by atoms with Crippen LogP contribution in [-0.2, 0) is 26.6 Å². The van der Waals surface area contributed by atoms with Gasteiger partial charge in [0.1, 0.15) is 10.6 Å². The van der Waals surface area contributed by atoms with Gasteiger partial charge in [0.05, 0.1) is 11.2 Å². The van der Waals surface area contributed by atoms with Gasteiger partial charge in [0.25, 0.3) is 0 Å². The molecule has 0 aliphatic heterocycles. The zero-order valence-corrected chi connectivity index (χ0v) is 20.0. The molecule has 0 aliphatic carbocycles. The van der Waals surface area contributed by atoms with Crippen molar-refractivity contribution in [3.63, 3.8) is 0 Å². The van der Waals surface area contributed by atoms with E-state index in [2.05, 4.69) is 0 Å². The average Bonchev–Trinajstić information content (AvgIpc) is 3.01. The fourth-order valence-electron chi connectivity index (χ4n) is 3.18. The molecule has 1 aromatic heterocycles. The maximum absolute atomic E-state index is 12.7. The number of rotatable bonds is 8. The van der Waals surface area contributed by atoms with Crippen molar-refractivity contribution in [2.45, 2.75) is 50.7 Å². The molecular formula is C23H30BNO5S. The van der Waals surface area contributed by atoms with E-state index >= 15 is 0 Å². The van der Waals surface area contributed by atoms with Crippen LogP contribution in [0.25, 0.3) is 10.9 Å². The van der Waals surface area contributed by atoms with E-state index in [1.165, 1.54) is 0 Å². The Morgan fingerprint density at radius 1 is 0.968 bits per heavy atom. The summed E-state index contributed by atoms with van der Waals surface area (Å²) in [5.41, 5.74) is 1.87. The van der Waals surface area contributed by atoms with Gasteiger partial charge in [-0.15, -0.1) is 0 Å². The Morgan fingerprint density at radius 2 is 1.61 bits per heavy atom. The van der Waals surface area contributed by atoms with E-state index in [0.717, 1.165) is 21.9 Å². The Balaban J connectivity index is 1.89. The van der Waals surface area contributed by atoms with Crippen LogP contribution in [0, 0.1) is 6.92 Å². The third kappa shape index (κ3) is 4.81. The van der Waals surface area contributed by atoms with Crippen LogP contribution in [0.4, 0.5) is 0 Å². The molecule has 0 saturated heterocycles. The van der Waals surface area contributed by atoms with Crippen LogP contribution in [0.3, 0.4) is 0 Å². The maximum atomic E-state index is 12.7. The van der Waals surface area contributed by atoms with E-state index in [4.69, 9.17) is 13.6 Å². The second kappa shape index (κ2) is 8.33. The van der Waals surface area contributed by atoms with Crippen LogP contribution in [0.1, 0.15) is 33.3 Å². The van der Waals surface area contributed by atoms with Gasteiger partial charge in [0.15, 0.2) is 0 Å². The topological polar surface area (TPSA) is 66.8 Å². The van der Waals surface area contributed by atoms with Gasteiger partial charge in [0.2, 0.25) is 0 Å². The maximum Gasteiger partial charge on any atom is 0.339 e. The third-order valence-electron chi connectivity index (χ3n) is 6.11. The fourth-order valence-corrected chi connectivity index (χ4v) is 4.10. The highest BCUT2D eigenvalue weighted by Crippen LogP contribution is 2.29. The van der Waals surface area contributed by atoms with Crippen LogP contribution < -0.4 is 9.65 Å². The molecule has 6 nitrogen and oxygen atoms in total. The highest BCUT2D eigenvalue weighted by atomic mass is 32.2. The fraction of sp³-hybridized carbons (Fsp3) is 0.391. The van der Waals surface area contributed by atoms with Crippen LogP contribution >= 0.6 is 0 Å². The van der Waals surface area contributed by atoms with Crippen molar-refractivity contribution in [3.05, 3.63) is 54.2 Å². The minimum absolute atomic E-state index is 0.123. The largest absolute Gasteiger partial charge is 0.427 e. The summed E-state index contributed by atoms with van der Waals surface area (Å²) in [7, 11) is 0.0467. The highest BCUT2D eigenvalue weighted by molar-refractivity contribution is 7.87. The molecule has 2 aromatic carbocycles. The van der Waals surface area contributed by atoms with Gasteiger partial charge >= 0.3 is 17.6 Å². The van der Waals surface area contributed by atoms with Crippen LogP contribution in [0.15, 0.2) is 53.6 Å². The van der Waals surface area contributed by atoms with Crippen LogP contribution in [0.2, 0.25) is 0 Å². The number of aryl methyl sites for hydroxylation is 2. The molecule has 3 rings (SSSR count). The van der Waals surface area contributed by atoms with Crippen LogP contribution in [-0.4, -0.2) is 38.8 Å². The number of fused-ring (bicyclic) bond motifs is 1. The first kappa shape index (κ1) is 23.4. The summed E-state index contributed by atoms with van der Waals surface area (Å²) in [6.45, 7) is 9.85. The molecule has 0 unspecified atom stereocenters. The molecule has 0 spiro atoms. The van der Waals surface area contributed by atoms with Gasteiger partial charge in [0, 0.05) is 31.3 Å². The lowest BCUT2D eigenvalue weighted by Crippen LogP contribution is -2.50. The van der Waals surface area contributed by atoms with E-state index in [0.29, 0.717) is 7.48 Å². The first-order valence-corrected chi connectivity index (χ1v) is 11.6. The second-order valence-corrected chi connectivity index (χ2v) is 10.4. The molecule has 31 heavy (non-hydrogen) atoms. The Morgan fingerprint density at radius 3 is 2.23 bits per heavy atom. The lowest BCUT2D eigenvalue weighted by atomic mass is 9.82. The number of nitrogens with zero attached hydrogens (tertiary/aromatic N) is 1. The molecule has 0 N–H and O–H groups in total. The van der Waals surface area contributed by atoms with Gasteiger partial charge in [-0.05, 0) is 70.4 Å². The van der Waals surface area contributed by atoms with Crippen molar-refractivity contribution in [3.8, 4) is 5.75 Å². The third-order valence-corrected chi connectivity index (χ3v) is 7.37. The monoisotopic (exact) mass is 443 g/mol. The summed E-state index contributed by atoms with van der Waals surface area (Å²) in [5, 5.41) is 0.880. The lowest BCUT2D eigenvalue weighted by molar-refractivity contribution is -0.114. The Kier molecular flexibility index (Phi) is 6.29. The number of methoxy groups -OCH3 is 1. The molecule has 0 atom stereocenters. The average molecular weight is 443 g/mol. The smallest absolute Gasteiger partial charge is 0.339 e. The highest BCUT2D eigenvalue weighted by Gasteiger charge is 2.38. The van der Waals surface area contributed by atoms with Gasteiger partial charge in [-0.3, -0.25) is 0 Å². The number of benzene rings is 2. The molecule has 0 bridgehead atoms. The van der Waals surface area contributed by atoms with Gasteiger partial charge in [-0.2, -0.15) is 8.42 Å². The van der Waals surface area contributed by atoms with E-state index in [1.54, 1.807) is 43.5 Å². The van der Waals surface area contributed by atoms with Crippen molar-refractivity contribution in [1.29, 1.82) is 0 Å². The molecule has 166 valence electrons. The van der Waals surface area contributed by atoms with Crippen LogP contribution in [0.5, 0.6) is 5.75 Å². The summed E-state index contributed by atoms with van der Waals surface area (Å²) < 4.78 is 44.6. The SMILES string of the molecule is COC(C)(C)C(C)(C)OBc1cn(C)c2ccc(OS(=O)(=O)c3ccc(C)cc3)cc12. The van der Waals surface area contributed by atoms with Gasteiger partial charge in [-0.1, -0.05) is 17.7 Å². The molecule has 0 saturated carbocycles. The molecule has 0 aliphatic rings. The van der Waals surface area contributed by atoms with Gasteiger partial charge in [-0.25, -0.2) is 0 Å². The number of ether oxygens (including phenoxy) is 1. The Labute approximate surface area is 185 Å². The molecule has 0 fully saturated rings. The van der Waals surface area contributed by atoms with Gasteiger partial charge < -0.3 is 18.1 Å². The second-order valence-electron chi connectivity index (χ2n) is 8.81.